The van der Waals surface area contributed by atoms with Gasteiger partial charge >= 0.3 is 0 Å². The van der Waals surface area contributed by atoms with Gasteiger partial charge < -0.3 is 0 Å². The summed E-state index contributed by atoms with van der Waals surface area (Å²) in [5, 5.41) is 0.400. The van der Waals surface area contributed by atoms with Gasteiger partial charge in [-0.1, -0.05) is 25.4 Å². The van der Waals surface area contributed by atoms with Gasteiger partial charge in [-0.15, -0.1) is 0 Å². The van der Waals surface area contributed by atoms with Crippen LogP contribution in [0.4, 0.5) is 4.39 Å². The summed E-state index contributed by atoms with van der Waals surface area (Å²) in [6.07, 6.45) is 0.827. The molecular formula is C14H13BrClFN2. The van der Waals surface area contributed by atoms with Gasteiger partial charge in [0, 0.05) is 15.7 Å². The molecule has 0 unspecified atom stereocenters. The number of benzene rings is 1. The fraction of sp³-hybridized carbons (Fsp3) is 0.286. The van der Waals surface area contributed by atoms with E-state index in [1.54, 1.807) is 12.1 Å². The first kappa shape index (κ1) is 14.4. The van der Waals surface area contributed by atoms with Crippen molar-refractivity contribution >= 4 is 27.5 Å². The molecule has 5 heteroatoms. The highest BCUT2D eigenvalue weighted by Crippen LogP contribution is 2.27. The predicted molar refractivity (Wildman–Crippen MR) is 78.7 cm³/mol. The molecule has 1 aromatic heterocycles. The van der Waals surface area contributed by atoms with Crippen LogP contribution in [0.1, 0.15) is 19.5 Å². The second-order valence-corrected chi connectivity index (χ2v) is 5.97. The van der Waals surface area contributed by atoms with Gasteiger partial charge in [-0.25, -0.2) is 14.4 Å². The van der Waals surface area contributed by atoms with Gasteiger partial charge in [-0.05, 0) is 52.5 Å². The van der Waals surface area contributed by atoms with Gasteiger partial charge in [0.25, 0.3) is 0 Å². The van der Waals surface area contributed by atoms with Crippen LogP contribution in [-0.2, 0) is 6.42 Å². The normalized spacial score (nSPS) is 11.1. The van der Waals surface area contributed by atoms with Crippen molar-refractivity contribution in [2.45, 2.75) is 20.3 Å². The minimum atomic E-state index is -0.306. The zero-order chi connectivity index (χ0) is 14.0. The molecule has 0 bridgehead atoms. The monoisotopic (exact) mass is 342 g/mol. The molecule has 100 valence electrons. The van der Waals surface area contributed by atoms with Gasteiger partial charge in [0.05, 0.1) is 0 Å². The maximum atomic E-state index is 13.1. The lowest BCUT2D eigenvalue weighted by Gasteiger charge is -2.08. The molecule has 19 heavy (non-hydrogen) atoms. The zero-order valence-corrected chi connectivity index (χ0v) is 13.0. The Labute approximate surface area is 125 Å². The van der Waals surface area contributed by atoms with Crippen LogP contribution in [0.5, 0.6) is 0 Å². The summed E-state index contributed by atoms with van der Waals surface area (Å²) >= 11 is 9.35. The quantitative estimate of drug-likeness (QED) is 0.741. The van der Waals surface area contributed by atoms with Gasteiger partial charge in [0.15, 0.2) is 5.82 Å². The molecule has 0 aliphatic rings. The van der Waals surface area contributed by atoms with Crippen molar-refractivity contribution in [3.63, 3.8) is 0 Å². The van der Waals surface area contributed by atoms with E-state index in [2.05, 4.69) is 39.7 Å². The maximum absolute atomic E-state index is 13.1. The van der Waals surface area contributed by atoms with Gasteiger partial charge in [0.2, 0.25) is 0 Å². The van der Waals surface area contributed by atoms with Crippen LogP contribution in [0.3, 0.4) is 0 Å². The average Bonchev–Trinajstić information content (AvgIpc) is 2.26. The Kier molecular flexibility index (Phi) is 4.53. The summed E-state index contributed by atoms with van der Waals surface area (Å²) < 4.78 is 13.7. The summed E-state index contributed by atoms with van der Waals surface area (Å²) in [6.45, 7) is 4.23. The van der Waals surface area contributed by atoms with E-state index in [0.29, 0.717) is 21.4 Å². The Bertz CT molecular complexity index is 602. The van der Waals surface area contributed by atoms with E-state index in [-0.39, 0.29) is 5.82 Å². The first-order valence-corrected chi connectivity index (χ1v) is 7.11. The van der Waals surface area contributed by atoms with E-state index in [1.807, 2.05) is 0 Å². The van der Waals surface area contributed by atoms with Crippen molar-refractivity contribution in [2.24, 2.45) is 5.92 Å². The van der Waals surface area contributed by atoms with Crippen molar-refractivity contribution in [2.75, 3.05) is 0 Å². The van der Waals surface area contributed by atoms with Crippen LogP contribution in [0.25, 0.3) is 11.4 Å². The van der Waals surface area contributed by atoms with E-state index in [1.165, 1.54) is 12.1 Å². The molecule has 0 saturated carbocycles. The van der Waals surface area contributed by atoms with Crippen LogP contribution in [0.2, 0.25) is 5.15 Å². The molecule has 0 spiro atoms. The summed E-state index contributed by atoms with van der Waals surface area (Å²) in [6, 6.07) is 6.18. The molecule has 0 atom stereocenters. The summed E-state index contributed by atoms with van der Waals surface area (Å²) in [5.74, 6) is 0.686. The van der Waals surface area contributed by atoms with Crippen LogP contribution < -0.4 is 0 Å². The smallest absolute Gasteiger partial charge is 0.162 e. The molecule has 0 N–H and O–H groups in total. The van der Waals surface area contributed by atoms with E-state index in [9.17, 15) is 4.39 Å². The van der Waals surface area contributed by atoms with E-state index in [4.69, 9.17) is 11.6 Å². The maximum Gasteiger partial charge on any atom is 0.162 e. The highest BCUT2D eigenvalue weighted by atomic mass is 79.9. The predicted octanol–water partition coefficient (Wildman–Crippen LogP) is 4.90. The summed E-state index contributed by atoms with van der Waals surface area (Å²) in [4.78, 5) is 8.69. The third-order valence-electron chi connectivity index (χ3n) is 2.54. The lowest BCUT2D eigenvalue weighted by atomic mass is 10.1. The second-order valence-electron chi connectivity index (χ2n) is 4.73. The van der Waals surface area contributed by atoms with Crippen molar-refractivity contribution < 1.29 is 4.39 Å². The SMILES string of the molecule is CC(C)Cc1cc(Cl)nc(-c2ccc(F)cc2Br)n1. The minimum absolute atomic E-state index is 0.306. The molecular weight excluding hydrogens is 331 g/mol. The second kappa shape index (κ2) is 5.97. The highest BCUT2D eigenvalue weighted by molar-refractivity contribution is 9.10. The molecule has 0 aliphatic heterocycles. The molecule has 1 aromatic carbocycles. The fourth-order valence-electron chi connectivity index (χ4n) is 1.78. The Hall–Kier alpha value is -1.000. The largest absolute Gasteiger partial charge is 0.233 e. The highest BCUT2D eigenvalue weighted by Gasteiger charge is 2.11. The van der Waals surface area contributed by atoms with E-state index in [0.717, 1.165) is 17.7 Å². The summed E-state index contributed by atoms with van der Waals surface area (Å²) in [7, 11) is 0. The van der Waals surface area contributed by atoms with Crippen molar-refractivity contribution in [3.05, 3.63) is 45.4 Å². The standard InChI is InChI=1S/C14H13BrClFN2/c1-8(2)5-10-7-13(16)19-14(18-10)11-4-3-9(17)6-12(11)15/h3-4,6-8H,5H2,1-2H3. The molecule has 0 aliphatic carbocycles. The Morgan fingerprint density at radius 2 is 2.00 bits per heavy atom. The molecule has 1 heterocycles. The number of rotatable bonds is 3. The van der Waals surface area contributed by atoms with Crippen LogP contribution >= 0.6 is 27.5 Å². The first-order valence-electron chi connectivity index (χ1n) is 5.94. The minimum Gasteiger partial charge on any atom is -0.233 e. The third-order valence-corrected chi connectivity index (χ3v) is 3.39. The number of aromatic nitrogens is 2. The van der Waals surface area contributed by atoms with Crippen LogP contribution in [-0.4, -0.2) is 9.97 Å². The number of nitrogens with zero attached hydrogens (tertiary/aromatic N) is 2. The van der Waals surface area contributed by atoms with E-state index < -0.39 is 0 Å². The van der Waals surface area contributed by atoms with E-state index >= 15 is 0 Å². The van der Waals surface area contributed by atoms with Crippen molar-refractivity contribution in [3.8, 4) is 11.4 Å². The average molecular weight is 344 g/mol. The van der Waals surface area contributed by atoms with Crippen molar-refractivity contribution in [1.82, 2.24) is 9.97 Å². The molecule has 2 rings (SSSR count). The molecule has 2 aromatic rings. The third kappa shape index (κ3) is 3.74. The Balaban J connectivity index is 2.46. The van der Waals surface area contributed by atoms with Crippen molar-refractivity contribution in [1.29, 1.82) is 0 Å². The lowest BCUT2D eigenvalue weighted by Crippen LogP contribution is -2.01. The summed E-state index contributed by atoms with van der Waals surface area (Å²) in [5.41, 5.74) is 1.62. The molecule has 2 nitrogen and oxygen atoms in total. The number of halogens is 3. The first-order chi connectivity index (χ1) is 8.95. The number of hydrogen-bond acceptors (Lipinski definition) is 2. The number of hydrogen-bond donors (Lipinski definition) is 0. The van der Waals surface area contributed by atoms with Gasteiger partial charge in [0.1, 0.15) is 11.0 Å². The van der Waals surface area contributed by atoms with Gasteiger partial charge in [-0.2, -0.15) is 0 Å². The molecule has 0 fully saturated rings. The Morgan fingerprint density at radius 3 is 2.63 bits per heavy atom. The topological polar surface area (TPSA) is 25.8 Å². The lowest BCUT2D eigenvalue weighted by molar-refractivity contribution is 0.627. The zero-order valence-electron chi connectivity index (χ0n) is 10.6. The fourth-order valence-corrected chi connectivity index (χ4v) is 2.51. The molecule has 0 saturated heterocycles. The van der Waals surface area contributed by atoms with Crippen LogP contribution in [0.15, 0.2) is 28.7 Å². The van der Waals surface area contributed by atoms with Gasteiger partial charge in [-0.3, -0.25) is 0 Å². The molecule has 0 amide bonds. The molecule has 0 radical (unpaired) electrons. The van der Waals surface area contributed by atoms with Crippen LogP contribution in [0, 0.1) is 11.7 Å². The Morgan fingerprint density at radius 1 is 1.26 bits per heavy atom.